The number of halogens is 3. The molecular formula is C6H13F3N2O2. The summed E-state index contributed by atoms with van der Waals surface area (Å²) in [6, 6.07) is 0. The third-order valence-electron chi connectivity index (χ3n) is 0.819. The van der Waals surface area contributed by atoms with E-state index in [4.69, 9.17) is 15.6 Å². The molecule has 0 spiro atoms. The Morgan fingerprint density at radius 1 is 1.46 bits per heavy atom. The lowest BCUT2D eigenvalue weighted by Crippen LogP contribution is -2.21. The van der Waals surface area contributed by atoms with Gasteiger partial charge in [0.15, 0.2) is 0 Å². The van der Waals surface area contributed by atoms with E-state index in [2.05, 4.69) is 4.90 Å². The first-order valence-electron chi connectivity index (χ1n) is 3.36. The lowest BCUT2D eigenvalue weighted by atomic mass is 10.6. The van der Waals surface area contributed by atoms with Crippen LogP contribution in [-0.4, -0.2) is 49.3 Å². The Kier molecular flexibility index (Phi) is 7.54. The number of hydrogen-bond acceptors (Lipinski definition) is 3. The van der Waals surface area contributed by atoms with Crippen LogP contribution >= 0.6 is 0 Å². The molecule has 4 nitrogen and oxygen atoms in total. The van der Waals surface area contributed by atoms with Crippen molar-refractivity contribution in [2.45, 2.75) is 6.18 Å². The third-order valence-corrected chi connectivity index (χ3v) is 0.819. The first kappa shape index (κ1) is 14.7. The second kappa shape index (κ2) is 6.67. The van der Waals surface area contributed by atoms with E-state index in [1.165, 1.54) is 0 Å². The number of nitrogens with two attached hydrogens (primary N) is 1. The van der Waals surface area contributed by atoms with Gasteiger partial charge in [-0.1, -0.05) is 0 Å². The fraction of sp³-hybridized carbons (Fsp3) is 0.833. The number of aliphatic carboxylic acids is 1. The SMILES string of the molecule is CN(C)CCN.O=C(O)C(F)(F)F. The molecule has 0 aromatic rings. The van der Waals surface area contributed by atoms with Gasteiger partial charge in [0, 0.05) is 13.1 Å². The molecule has 13 heavy (non-hydrogen) atoms. The first-order valence-corrected chi connectivity index (χ1v) is 3.36. The molecule has 0 unspecified atom stereocenters. The third kappa shape index (κ3) is 14.1. The van der Waals surface area contributed by atoms with Crippen LogP contribution < -0.4 is 5.73 Å². The Morgan fingerprint density at radius 3 is 1.77 bits per heavy atom. The molecule has 0 amide bonds. The number of hydrogen-bond donors (Lipinski definition) is 2. The number of carboxylic acids is 1. The highest BCUT2D eigenvalue weighted by Gasteiger charge is 2.38. The van der Waals surface area contributed by atoms with Crippen molar-refractivity contribution in [1.29, 1.82) is 0 Å². The molecular weight excluding hydrogens is 189 g/mol. The first-order chi connectivity index (χ1) is 5.71. The van der Waals surface area contributed by atoms with Crippen molar-refractivity contribution < 1.29 is 23.1 Å². The van der Waals surface area contributed by atoms with Gasteiger partial charge in [-0.25, -0.2) is 4.79 Å². The molecule has 7 heteroatoms. The molecule has 0 bridgehead atoms. The molecule has 0 aromatic carbocycles. The Morgan fingerprint density at radius 2 is 1.77 bits per heavy atom. The molecule has 0 aliphatic rings. The lowest BCUT2D eigenvalue weighted by molar-refractivity contribution is -0.192. The molecule has 0 aliphatic heterocycles. The lowest BCUT2D eigenvalue weighted by Gasteiger charge is -2.03. The molecule has 0 fully saturated rings. The van der Waals surface area contributed by atoms with Gasteiger partial charge in [0.2, 0.25) is 0 Å². The Labute approximate surface area is 74.1 Å². The van der Waals surface area contributed by atoms with E-state index in [-0.39, 0.29) is 0 Å². The van der Waals surface area contributed by atoms with Gasteiger partial charge in [-0.2, -0.15) is 13.2 Å². The van der Waals surface area contributed by atoms with Crippen molar-refractivity contribution in [1.82, 2.24) is 4.90 Å². The summed E-state index contributed by atoms with van der Waals surface area (Å²) in [5, 5.41) is 7.12. The zero-order chi connectivity index (χ0) is 11.1. The quantitative estimate of drug-likeness (QED) is 0.668. The maximum Gasteiger partial charge on any atom is 0.490 e. The molecule has 80 valence electrons. The maximum atomic E-state index is 10.6. The van der Waals surface area contributed by atoms with Crippen LogP contribution in [0.3, 0.4) is 0 Å². The number of rotatable bonds is 2. The normalized spacial score (nSPS) is 10.7. The summed E-state index contributed by atoms with van der Waals surface area (Å²) >= 11 is 0. The van der Waals surface area contributed by atoms with E-state index in [9.17, 15) is 13.2 Å². The van der Waals surface area contributed by atoms with Crippen LogP contribution in [0.15, 0.2) is 0 Å². The molecule has 0 saturated carbocycles. The summed E-state index contributed by atoms with van der Waals surface area (Å²) in [7, 11) is 4.01. The van der Waals surface area contributed by atoms with E-state index >= 15 is 0 Å². The van der Waals surface area contributed by atoms with Crippen LogP contribution in [0.4, 0.5) is 13.2 Å². The monoisotopic (exact) mass is 202 g/mol. The largest absolute Gasteiger partial charge is 0.490 e. The average molecular weight is 202 g/mol. The van der Waals surface area contributed by atoms with Crippen molar-refractivity contribution in [3.63, 3.8) is 0 Å². The predicted molar refractivity (Wildman–Crippen MR) is 41.3 cm³/mol. The summed E-state index contributed by atoms with van der Waals surface area (Å²) in [5.41, 5.74) is 5.19. The standard InChI is InChI=1S/C4H12N2.C2HF3O2/c1-6(2)4-3-5;3-2(4,5)1(6)7/h3-5H2,1-2H3;(H,6,7). The van der Waals surface area contributed by atoms with Gasteiger partial charge in [0.25, 0.3) is 0 Å². The molecule has 0 radical (unpaired) electrons. The fourth-order valence-electron chi connectivity index (χ4n) is 0.258. The summed E-state index contributed by atoms with van der Waals surface area (Å²) in [4.78, 5) is 11.0. The molecule has 0 rings (SSSR count). The number of nitrogens with zero attached hydrogens (tertiary/aromatic N) is 1. The van der Waals surface area contributed by atoms with Gasteiger partial charge in [-0.3, -0.25) is 0 Å². The maximum absolute atomic E-state index is 10.6. The summed E-state index contributed by atoms with van der Waals surface area (Å²) in [5.74, 6) is -2.76. The topological polar surface area (TPSA) is 66.6 Å². The summed E-state index contributed by atoms with van der Waals surface area (Å²) in [6.45, 7) is 1.74. The average Bonchev–Trinajstić information content (AvgIpc) is 1.85. The van der Waals surface area contributed by atoms with Gasteiger partial charge in [-0.05, 0) is 14.1 Å². The Bertz CT molecular complexity index is 147. The number of carboxylic acid groups (broad SMARTS) is 1. The van der Waals surface area contributed by atoms with Crippen LogP contribution in [0.1, 0.15) is 0 Å². The van der Waals surface area contributed by atoms with Crippen molar-refractivity contribution in [3.05, 3.63) is 0 Å². The predicted octanol–water partition coefficient (Wildman–Crippen LogP) is 0.140. The van der Waals surface area contributed by atoms with Crippen LogP contribution in [0.5, 0.6) is 0 Å². The molecule has 0 aliphatic carbocycles. The zero-order valence-corrected chi connectivity index (χ0v) is 7.43. The molecule has 0 aromatic heterocycles. The van der Waals surface area contributed by atoms with E-state index in [0.717, 1.165) is 13.1 Å². The van der Waals surface area contributed by atoms with Crippen LogP contribution in [0.25, 0.3) is 0 Å². The van der Waals surface area contributed by atoms with Crippen LogP contribution in [0, 0.1) is 0 Å². The van der Waals surface area contributed by atoms with Gasteiger partial charge >= 0.3 is 12.1 Å². The van der Waals surface area contributed by atoms with Gasteiger partial charge in [-0.15, -0.1) is 0 Å². The summed E-state index contributed by atoms with van der Waals surface area (Å²) in [6.07, 6.45) is -5.08. The summed E-state index contributed by atoms with van der Waals surface area (Å²) < 4.78 is 31.7. The second-order valence-corrected chi connectivity index (χ2v) is 2.39. The van der Waals surface area contributed by atoms with E-state index < -0.39 is 12.1 Å². The van der Waals surface area contributed by atoms with Crippen LogP contribution in [-0.2, 0) is 4.79 Å². The van der Waals surface area contributed by atoms with E-state index in [1.54, 1.807) is 0 Å². The zero-order valence-electron chi connectivity index (χ0n) is 7.43. The van der Waals surface area contributed by atoms with Crippen LogP contribution in [0.2, 0.25) is 0 Å². The highest BCUT2D eigenvalue weighted by atomic mass is 19.4. The van der Waals surface area contributed by atoms with Crippen molar-refractivity contribution in [3.8, 4) is 0 Å². The fourth-order valence-corrected chi connectivity index (χ4v) is 0.258. The number of alkyl halides is 3. The smallest absolute Gasteiger partial charge is 0.475 e. The number of likely N-dealkylation sites (N-methyl/N-ethyl adjacent to an activating group) is 1. The van der Waals surface area contributed by atoms with Gasteiger partial charge < -0.3 is 15.7 Å². The van der Waals surface area contributed by atoms with Gasteiger partial charge in [0.1, 0.15) is 0 Å². The molecule has 0 saturated heterocycles. The molecule has 0 atom stereocenters. The van der Waals surface area contributed by atoms with Gasteiger partial charge in [0.05, 0.1) is 0 Å². The minimum atomic E-state index is -5.08. The van der Waals surface area contributed by atoms with Crippen molar-refractivity contribution >= 4 is 5.97 Å². The van der Waals surface area contributed by atoms with Crippen molar-refractivity contribution in [2.24, 2.45) is 5.73 Å². The minimum Gasteiger partial charge on any atom is -0.475 e. The molecule has 3 N–H and O–H groups in total. The minimum absolute atomic E-state index is 0.757. The second-order valence-electron chi connectivity index (χ2n) is 2.39. The Balaban J connectivity index is 0. The highest BCUT2D eigenvalue weighted by Crippen LogP contribution is 2.13. The molecule has 0 heterocycles. The van der Waals surface area contributed by atoms with E-state index in [1.807, 2.05) is 14.1 Å². The Hall–Kier alpha value is -0.820. The van der Waals surface area contributed by atoms with Crippen molar-refractivity contribution in [2.75, 3.05) is 27.2 Å². The highest BCUT2D eigenvalue weighted by molar-refractivity contribution is 5.73. The number of carbonyl (C=O) groups is 1. The van der Waals surface area contributed by atoms with E-state index in [0.29, 0.717) is 0 Å².